The van der Waals surface area contributed by atoms with Crippen molar-refractivity contribution < 1.29 is 9.53 Å². The Morgan fingerprint density at radius 1 is 0.870 bits per heavy atom. The Morgan fingerprint density at radius 3 is 1.87 bits per heavy atom. The fourth-order valence-electron chi connectivity index (χ4n) is 2.59. The average molecular weight is 343 g/mol. The number of thiol groups is 1. The molecule has 23 heavy (non-hydrogen) atoms. The Kier molecular flexibility index (Phi) is 17.6. The summed E-state index contributed by atoms with van der Waals surface area (Å²) in [5.74, 6) is -0.120. The van der Waals surface area contributed by atoms with E-state index in [-0.39, 0.29) is 11.4 Å². The Balaban J connectivity index is 3.18. The molecule has 2 nitrogen and oxygen atoms in total. The molecule has 0 aliphatic rings. The molecule has 0 radical (unpaired) electrons. The van der Waals surface area contributed by atoms with E-state index in [0.29, 0.717) is 6.42 Å². The van der Waals surface area contributed by atoms with Gasteiger partial charge in [0, 0.05) is 6.42 Å². The summed E-state index contributed by atoms with van der Waals surface area (Å²) in [4.78, 5) is 11.3. The highest BCUT2D eigenvalue weighted by Gasteiger charge is 2.04. The van der Waals surface area contributed by atoms with E-state index in [9.17, 15) is 4.79 Å². The molecule has 0 rings (SSSR count). The lowest BCUT2D eigenvalue weighted by atomic mass is 10.1. The molecule has 0 aromatic rings. The van der Waals surface area contributed by atoms with Crippen LogP contribution in [0, 0.1) is 0 Å². The first-order chi connectivity index (χ1) is 11.2. The van der Waals surface area contributed by atoms with Gasteiger partial charge in [0.25, 0.3) is 0 Å². The second kappa shape index (κ2) is 17.9. The molecule has 0 spiro atoms. The van der Waals surface area contributed by atoms with Gasteiger partial charge in [-0.2, -0.15) is 0 Å². The molecule has 0 heterocycles. The molecule has 0 saturated carbocycles. The molecule has 0 saturated heterocycles. The summed E-state index contributed by atoms with van der Waals surface area (Å²) < 4.78 is 4.99. The number of unbranched alkanes of at least 4 members (excludes halogenated alkanes) is 11. The maximum atomic E-state index is 11.3. The monoisotopic (exact) mass is 342 g/mol. The first kappa shape index (κ1) is 22.6. The van der Waals surface area contributed by atoms with Crippen LogP contribution in [0.1, 0.15) is 104 Å². The maximum absolute atomic E-state index is 11.3. The van der Waals surface area contributed by atoms with Gasteiger partial charge in [0.1, 0.15) is 5.44 Å². The summed E-state index contributed by atoms with van der Waals surface area (Å²) in [5.41, 5.74) is -0.286. The third-order valence-electron chi connectivity index (χ3n) is 3.94. The highest BCUT2D eigenvalue weighted by atomic mass is 32.1. The lowest BCUT2D eigenvalue weighted by molar-refractivity contribution is -0.144. The van der Waals surface area contributed by atoms with Gasteiger partial charge in [-0.25, -0.2) is 0 Å². The van der Waals surface area contributed by atoms with Crippen LogP contribution < -0.4 is 0 Å². The summed E-state index contributed by atoms with van der Waals surface area (Å²) in [6.07, 6.45) is 21.8. The summed E-state index contributed by atoms with van der Waals surface area (Å²) in [6.45, 7) is 4.03. The number of ether oxygens (including phenoxy) is 1. The van der Waals surface area contributed by atoms with E-state index in [1.165, 1.54) is 70.6 Å². The predicted molar refractivity (Wildman–Crippen MR) is 104 cm³/mol. The van der Waals surface area contributed by atoms with Crippen LogP contribution in [0.25, 0.3) is 0 Å². The zero-order chi connectivity index (χ0) is 17.2. The molecular formula is C20H38O2S. The fourth-order valence-corrected chi connectivity index (χ4v) is 2.71. The van der Waals surface area contributed by atoms with Crippen molar-refractivity contribution in [3.63, 3.8) is 0 Å². The molecule has 0 bridgehead atoms. The zero-order valence-corrected chi connectivity index (χ0v) is 16.3. The van der Waals surface area contributed by atoms with Crippen molar-refractivity contribution in [3.8, 4) is 0 Å². The van der Waals surface area contributed by atoms with Gasteiger partial charge in [0.15, 0.2) is 0 Å². The van der Waals surface area contributed by atoms with Gasteiger partial charge in [0.2, 0.25) is 0 Å². The van der Waals surface area contributed by atoms with E-state index in [1.54, 1.807) is 6.92 Å². The molecule has 0 fully saturated rings. The lowest BCUT2D eigenvalue weighted by Crippen LogP contribution is -2.08. The number of hydrogen-bond donors (Lipinski definition) is 1. The van der Waals surface area contributed by atoms with Crippen LogP contribution in [0.3, 0.4) is 0 Å². The number of allylic oxidation sites excluding steroid dienone is 2. The van der Waals surface area contributed by atoms with Crippen molar-refractivity contribution in [2.75, 3.05) is 0 Å². The Bertz CT molecular complexity index is 287. The van der Waals surface area contributed by atoms with Crippen molar-refractivity contribution >= 4 is 18.6 Å². The predicted octanol–water partition coefficient (Wildman–Crippen LogP) is 6.84. The van der Waals surface area contributed by atoms with Crippen molar-refractivity contribution in [2.24, 2.45) is 0 Å². The second-order valence-corrected chi connectivity index (χ2v) is 7.15. The van der Waals surface area contributed by atoms with Crippen molar-refractivity contribution in [2.45, 2.75) is 109 Å². The topological polar surface area (TPSA) is 26.3 Å². The molecule has 1 unspecified atom stereocenters. The van der Waals surface area contributed by atoms with E-state index in [4.69, 9.17) is 4.74 Å². The van der Waals surface area contributed by atoms with Gasteiger partial charge in [-0.05, 0) is 39.0 Å². The zero-order valence-electron chi connectivity index (χ0n) is 15.4. The van der Waals surface area contributed by atoms with Crippen molar-refractivity contribution in [1.82, 2.24) is 0 Å². The number of carbonyl (C=O) groups excluding carboxylic acids is 1. The SMILES string of the molecule is CCCCCCCC/C=C\CCCCCCCC(=O)OC(C)S. The molecule has 136 valence electrons. The molecule has 1 atom stereocenters. The summed E-state index contributed by atoms with van der Waals surface area (Å²) >= 11 is 4.04. The second-order valence-electron chi connectivity index (χ2n) is 6.42. The standard InChI is InChI=1S/C20H38O2S/c1-3-4-5-6-7-8-9-10-11-12-13-14-15-16-17-18-20(21)22-19(2)23/h10-11,19,23H,3-9,12-18H2,1-2H3/b11-10-. The quantitative estimate of drug-likeness (QED) is 0.109. The van der Waals surface area contributed by atoms with Gasteiger partial charge in [-0.15, -0.1) is 12.6 Å². The van der Waals surface area contributed by atoms with Crippen molar-refractivity contribution in [3.05, 3.63) is 12.2 Å². The fraction of sp³-hybridized carbons (Fsp3) is 0.850. The number of rotatable bonds is 16. The molecular weight excluding hydrogens is 304 g/mol. The summed E-state index contributed by atoms with van der Waals surface area (Å²) in [6, 6.07) is 0. The van der Waals surface area contributed by atoms with Crippen LogP contribution in [0.2, 0.25) is 0 Å². The first-order valence-electron chi connectivity index (χ1n) is 9.69. The third kappa shape index (κ3) is 19.5. The lowest BCUT2D eigenvalue weighted by Gasteiger charge is -2.06. The Labute approximate surface area is 149 Å². The van der Waals surface area contributed by atoms with Crippen LogP contribution in [0.15, 0.2) is 12.2 Å². The molecule has 0 aromatic heterocycles. The van der Waals surface area contributed by atoms with Gasteiger partial charge in [-0.1, -0.05) is 70.4 Å². The van der Waals surface area contributed by atoms with Gasteiger partial charge < -0.3 is 4.74 Å². The first-order valence-corrected chi connectivity index (χ1v) is 10.2. The van der Waals surface area contributed by atoms with Gasteiger partial charge in [-0.3, -0.25) is 4.79 Å². The summed E-state index contributed by atoms with van der Waals surface area (Å²) in [7, 11) is 0. The molecule has 0 aliphatic heterocycles. The third-order valence-corrected chi connectivity index (χ3v) is 4.05. The number of hydrogen-bond acceptors (Lipinski definition) is 3. The minimum absolute atomic E-state index is 0.120. The molecule has 0 amide bonds. The van der Waals surface area contributed by atoms with E-state index < -0.39 is 0 Å². The highest BCUT2D eigenvalue weighted by molar-refractivity contribution is 7.80. The number of esters is 1. The molecule has 3 heteroatoms. The van der Waals surface area contributed by atoms with Gasteiger partial charge >= 0.3 is 5.97 Å². The van der Waals surface area contributed by atoms with Crippen LogP contribution in [-0.2, 0) is 9.53 Å². The smallest absolute Gasteiger partial charge is 0.306 e. The van der Waals surface area contributed by atoms with Crippen LogP contribution in [-0.4, -0.2) is 11.4 Å². The van der Waals surface area contributed by atoms with Crippen LogP contribution in [0.4, 0.5) is 0 Å². The van der Waals surface area contributed by atoms with E-state index >= 15 is 0 Å². The summed E-state index contributed by atoms with van der Waals surface area (Å²) in [5, 5.41) is 0. The molecule has 0 N–H and O–H groups in total. The Hall–Kier alpha value is -0.440. The van der Waals surface area contributed by atoms with Crippen LogP contribution in [0.5, 0.6) is 0 Å². The highest BCUT2D eigenvalue weighted by Crippen LogP contribution is 2.10. The van der Waals surface area contributed by atoms with E-state index in [0.717, 1.165) is 12.8 Å². The average Bonchev–Trinajstić information content (AvgIpc) is 2.50. The van der Waals surface area contributed by atoms with E-state index in [2.05, 4.69) is 31.7 Å². The van der Waals surface area contributed by atoms with Gasteiger partial charge in [0.05, 0.1) is 0 Å². The minimum atomic E-state index is -0.286. The number of carbonyl (C=O) groups is 1. The molecule has 0 aliphatic carbocycles. The van der Waals surface area contributed by atoms with E-state index in [1.807, 2.05) is 0 Å². The maximum Gasteiger partial charge on any atom is 0.306 e. The normalized spacial score (nSPS) is 12.7. The minimum Gasteiger partial charge on any atom is -0.452 e. The largest absolute Gasteiger partial charge is 0.452 e. The molecule has 0 aromatic carbocycles. The van der Waals surface area contributed by atoms with Crippen molar-refractivity contribution in [1.29, 1.82) is 0 Å². The van der Waals surface area contributed by atoms with Crippen LogP contribution >= 0.6 is 12.6 Å². The Morgan fingerprint density at radius 2 is 1.35 bits per heavy atom.